The summed E-state index contributed by atoms with van der Waals surface area (Å²) in [6.45, 7) is 1.03. The van der Waals surface area contributed by atoms with Gasteiger partial charge in [-0.3, -0.25) is 19.2 Å². The molecule has 4 rings (SSSR count). The highest BCUT2D eigenvalue weighted by atomic mass is 16.6. The van der Waals surface area contributed by atoms with Crippen LogP contribution in [0.1, 0.15) is 61.9 Å². The number of esters is 1. The zero-order valence-electron chi connectivity index (χ0n) is 14.4. The van der Waals surface area contributed by atoms with Gasteiger partial charge in [-0.1, -0.05) is 24.3 Å². The minimum atomic E-state index is -0.665. The second-order valence-electron chi connectivity index (χ2n) is 6.46. The lowest BCUT2D eigenvalue weighted by atomic mass is 9.88. The molecule has 0 N–H and O–H groups in total. The molecule has 2 aromatic rings. The van der Waals surface area contributed by atoms with E-state index in [1.54, 1.807) is 18.2 Å². The lowest BCUT2D eigenvalue weighted by Gasteiger charge is -2.21. The van der Waals surface area contributed by atoms with Gasteiger partial charge in [0.2, 0.25) is 11.6 Å². The third kappa shape index (κ3) is 3.21. The number of ketones is 3. The Morgan fingerprint density at radius 1 is 1.00 bits per heavy atom. The highest BCUT2D eigenvalue weighted by Gasteiger charge is 2.34. The van der Waals surface area contributed by atoms with Gasteiger partial charge in [0.15, 0.2) is 17.3 Å². The minimum absolute atomic E-state index is 0.0415. The van der Waals surface area contributed by atoms with Crippen molar-refractivity contribution in [3.05, 3.63) is 58.5 Å². The van der Waals surface area contributed by atoms with E-state index in [0.717, 1.165) is 0 Å². The summed E-state index contributed by atoms with van der Waals surface area (Å²) < 4.78 is 15.8. The summed E-state index contributed by atoms with van der Waals surface area (Å²) in [5.41, 5.74) is 0.552. The van der Waals surface area contributed by atoms with Crippen LogP contribution >= 0.6 is 0 Å². The summed E-state index contributed by atoms with van der Waals surface area (Å²) in [4.78, 5) is 49.4. The fraction of sp³-hybridized carbons (Fsp3) is 0.300. The summed E-state index contributed by atoms with van der Waals surface area (Å²) in [6.07, 6.45) is 0.410. The van der Waals surface area contributed by atoms with Crippen molar-refractivity contribution in [2.24, 2.45) is 0 Å². The number of carbonyl (C=O) groups excluding carboxylic acids is 4. The molecule has 0 radical (unpaired) electrons. The van der Waals surface area contributed by atoms with Crippen LogP contribution in [0.2, 0.25) is 0 Å². The maximum Gasteiger partial charge on any atom is 0.314 e. The Morgan fingerprint density at radius 3 is 2.37 bits per heavy atom. The third-order valence-corrected chi connectivity index (χ3v) is 4.65. The molecular weight excluding hydrogens is 352 g/mol. The first-order valence-electron chi connectivity index (χ1n) is 8.67. The van der Waals surface area contributed by atoms with Crippen molar-refractivity contribution >= 4 is 23.3 Å². The lowest BCUT2D eigenvalue weighted by molar-refractivity contribution is -0.151. The van der Waals surface area contributed by atoms with E-state index < -0.39 is 24.0 Å². The van der Waals surface area contributed by atoms with E-state index in [1.807, 2.05) is 0 Å². The van der Waals surface area contributed by atoms with E-state index >= 15 is 0 Å². The van der Waals surface area contributed by atoms with Crippen LogP contribution in [0.3, 0.4) is 0 Å². The third-order valence-electron chi connectivity index (χ3n) is 4.65. The zero-order valence-corrected chi connectivity index (χ0v) is 14.4. The Bertz CT molecular complexity index is 894. The lowest BCUT2D eigenvalue weighted by Crippen LogP contribution is -2.27. The van der Waals surface area contributed by atoms with Crippen molar-refractivity contribution in [1.29, 1.82) is 0 Å². The maximum absolute atomic E-state index is 12.5. The number of hydrogen-bond donors (Lipinski definition) is 0. The van der Waals surface area contributed by atoms with E-state index in [1.165, 1.54) is 12.1 Å². The van der Waals surface area contributed by atoms with Gasteiger partial charge in [0, 0.05) is 24.0 Å². The number of ether oxygens (including phenoxy) is 2. The van der Waals surface area contributed by atoms with E-state index in [9.17, 15) is 19.2 Å². The molecule has 0 saturated carbocycles. The van der Waals surface area contributed by atoms with E-state index in [2.05, 4.69) is 0 Å². The van der Waals surface area contributed by atoms with Gasteiger partial charge in [-0.2, -0.15) is 0 Å². The fourth-order valence-corrected chi connectivity index (χ4v) is 3.25. The predicted molar refractivity (Wildman–Crippen MR) is 90.9 cm³/mol. The van der Waals surface area contributed by atoms with Crippen LogP contribution in [0, 0.1) is 0 Å². The molecule has 0 bridgehead atoms. The molecule has 1 aromatic heterocycles. The zero-order chi connectivity index (χ0) is 19.0. The van der Waals surface area contributed by atoms with Crippen molar-refractivity contribution in [2.75, 3.05) is 13.2 Å². The van der Waals surface area contributed by atoms with Gasteiger partial charge in [0.25, 0.3) is 0 Å². The van der Waals surface area contributed by atoms with Crippen LogP contribution < -0.4 is 0 Å². The largest absolute Gasteiger partial charge is 0.462 e. The summed E-state index contributed by atoms with van der Waals surface area (Å²) in [5.74, 6) is -2.50. The van der Waals surface area contributed by atoms with Gasteiger partial charge < -0.3 is 13.9 Å². The van der Waals surface area contributed by atoms with E-state index in [0.29, 0.717) is 26.1 Å². The predicted octanol–water partition coefficient (Wildman–Crippen LogP) is 2.35. The highest BCUT2D eigenvalue weighted by molar-refractivity contribution is 6.28. The van der Waals surface area contributed by atoms with E-state index in [-0.39, 0.29) is 40.1 Å². The van der Waals surface area contributed by atoms with Gasteiger partial charge in [-0.25, -0.2) is 0 Å². The van der Waals surface area contributed by atoms with Gasteiger partial charge in [0.05, 0.1) is 18.8 Å². The molecule has 1 fully saturated rings. The molecule has 1 saturated heterocycles. The molecule has 27 heavy (non-hydrogen) atoms. The summed E-state index contributed by atoms with van der Waals surface area (Å²) in [6, 6.07) is 7.63. The molecular formula is C20H16O7. The molecule has 0 amide bonds. The SMILES string of the molecule is O=C(CC(=O)c1cc2c(o1)C(=O)c1ccccc1C2=O)OC1CCOCC1. The smallest absolute Gasteiger partial charge is 0.314 e. The quantitative estimate of drug-likeness (QED) is 0.396. The van der Waals surface area contributed by atoms with Crippen molar-refractivity contribution in [1.82, 2.24) is 0 Å². The number of hydrogen-bond acceptors (Lipinski definition) is 7. The Hall–Kier alpha value is -3.06. The molecule has 1 aliphatic carbocycles. The van der Waals surface area contributed by atoms with Crippen molar-refractivity contribution in [2.45, 2.75) is 25.4 Å². The van der Waals surface area contributed by atoms with Gasteiger partial charge in [0.1, 0.15) is 12.5 Å². The first kappa shape index (κ1) is 17.4. The number of furan rings is 1. The molecule has 1 aliphatic heterocycles. The summed E-state index contributed by atoms with van der Waals surface area (Å²) in [7, 11) is 0. The molecule has 2 aliphatic rings. The number of Topliss-reactive ketones (excluding diaryl/α,β-unsaturated/α-hetero) is 1. The molecule has 138 valence electrons. The second kappa shape index (κ2) is 6.92. The number of fused-ring (bicyclic) bond motifs is 2. The number of carbonyl (C=O) groups is 4. The fourth-order valence-electron chi connectivity index (χ4n) is 3.25. The first-order chi connectivity index (χ1) is 13.0. The summed E-state index contributed by atoms with van der Waals surface area (Å²) in [5, 5.41) is 0. The van der Waals surface area contributed by atoms with E-state index in [4.69, 9.17) is 13.9 Å². The Balaban J connectivity index is 1.51. The average Bonchev–Trinajstić information content (AvgIpc) is 3.13. The Labute approximate surface area is 154 Å². The van der Waals surface area contributed by atoms with Crippen molar-refractivity contribution < 1.29 is 33.1 Å². The standard InChI is InChI=1S/C20H16O7/c21-15(10-17(22)26-11-5-7-25-8-6-11)16-9-14-18(23)12-3-1-2-4-13(12)19(24)20(14)27-16/h1-4,9,11H,5-8,10H2. The van der Waals surface area contributed by atoms with Crippen LogP contribution in [0.15, 0.2) is 34.7 Å². The van der Waals surface area contributed by atoms with Crippen LogP contribution in [-0.2, 0) is 14.3 Å². The molecule has 1 aromatic carbocycles. The van der Waals surface area contributed by atoms with Crippen LogP contribution in [0.25, 0.3) is 0 Å². The minimum Gasteiger partial charge on any atom is -0.462 e. The van der Waals surface area contributed by atoms with Crippen LogP contribution in [0.4, 0.5) is 0 Å². The Morgan fingerprint density at radius 2 is 1.67 bits per heavy atom. The first-order valence-corrected chi connectivity index (χ1v) is 8.67. The van der Waals surface area contributed by atoms with Crippen LogP contribution in [0.5, 0.6) is 0 Å². The molecule has 0 spiro atoms. The molecule has 2 heterocycles. The number of rotatable bonds is 4. The van der Waals surface area contributed by atoms with Gasteiger partial charge in [-0.15, -0.1) is 0 Å². The summed E-state index contributed by atoms with van der Waals surface area (Å²) >= 11 is 0. The normalized spacial score (nSPS) is 16.6. The maximum atomic E-state index is 12.5. The molecule has 7 nitrogen and oxygen atoms in total. The number of benzene rings is 1. The van der Waals surface area contributed by atoms with Crippen LogP contribution in [-0.4, -0.2) is 42.6 Å². The second-order valence-corrected chi connectivity index (χ2v) is 6.46. The molecule has 7 heteroatoms. The highest BCUT2D eigenvalue weighted by Crippen LogP contribution is 2.30. The van der Waals surface area contributed by atoms with Crippen molar-refractivity contribution in [3.8, 4) is 0 Å². The average molecular weight is 368 g/mol. The topological polar surface area (TPSA) is 99.9 Å². The van der Waals surface area contributed by atoms with Gasteiger partial charge >= 0.3 is 5.97 Å². The van der Waals surface area contributed by atoms with Gasteiger partial charge in [-0.05, 0) is 6.07 Å². The Kier molecular flexibility index (Phi) is 4.45. The monoisotopic (exact) mass is 368 g/mol. The van der Waals surface area contributed by atoms with Crippen molar-refractivity contribution in [3.63, 3.8) is 0 Å². The molecule has 0 unspecified atom stereocenters. The molecule has 0 atom stereocenters.